The van der Waals surface area contributed by atoms with Crippen LogP contribution in [0.4, 0.5) is 0 Å². The van der Waals surface area contributed by atoms with Crippen molar-refractivity contribution >= 4 is 28.3 Å². The molecule has 0 heterocycles. The number of halogens is 1. The van der Waals surface area contributed by atoms with E-state index < -0.39 is 0 Å². The Kier molecular flexibility index (Phi) is 5.34. The monoisotopic (exact) mass is 339 g/mol. The van der Waals surface area contributed by atoms with Crippen molar-refractivity contribution in [3.8, 4) is 5.75 Å². The van der Waals surface area contributed by atoms with Gasteiger partial charge in [0.05, 0.1) is 13.0 Å². The number of hydrogen-bond donors (Lipinski definition) is 1. The maximum atomic E-state index is 11.9. The van der Waals surface area contributed by atoms with Gasteiger partial charge in [-0.15, -0.1) is 0 Å². The maximum absolute atomic E-state index is 11.9. The first kappa shape index (κ1) is 16.3. The molecule has 0 aromatic heterocycles. The van der Waals surface area contributed by atoms with Crippen LogP contribution >= 0.6 is 11.6 Å². The van der Waals surface area contributed by atoms with E-state index in [2.05, 4.69) is 17.4 Å². The zero-order valence-corrected chi connectivity index (χ0v) is 13.9. The average Bonchev–Trinajstić information content (AvgIpc) is 2.60. The number of nitrogens with one attached hydrogen (secondary N) is 1. The second kappa shape index (κ2) is 7.84. The predicted molar refractivity (Wildman–Crippen MR) is 97.6 cm³/mol. The van der Waals surface area contributed by atoms with E-state index in [9.17, 15) is 4.79 Å². The number of carbonyl (C=O) groups is 1. The van der Waals surface area contributed by atoms with Gasteiger partial charge in [-0.1, -0.05) is 54.1 Å². The summed E-state index contributed by atoms with van der Waals surface area (Å²) in [4.78, 5) is 11.9. The minimum atomic E-state index is -0.0283. The Labute approximate surface area is 146 Å². The second-order valence-corrected chi connectivity index (χ2v) is 5.95. The number of ether oxygens (including phenoxy) is 1. The van der Waals surface area contributed by atoms with E-state index in [0.29, 0.717) is 24.6 Å². The molecule has 0 saturated carbocycles. The molecule has 0 spiro atoms. The third-order valence-electron chi connectivity index (χ3n) is 3.69. The number of fused-ring (bicyclic) bond motifs is 1. The van der Waals surface area contributed by atoms with Crippen LogP contribution in [-0.4, -0.2) is 19.1 Å². The standard InChI is InChI=1S/C20H18ClNO2/c21-18-8-5-15(6-9-18)13-20(23)22-11-12-24-19-10-7-16-3-1-2-4-17(16)14-19/h1-10,14H,11-13H2,(H,22,23). The second-order valence-electron chi connectivity index (χ2n) is 5.51. The van der Waals surface area contributed by atoms with Crippen molar-refractivity contribution in [1.29, 1.82) is 0 Å². The van der Waals surface area contributed by atoms with Gasteiger partial charge in [0.1, 0.15) is 12.4 Å². The number of amides is 1. The van der Waals surface area contributed by atoms with Gasteiger partial charge in [0, 0.05) is 5.02 Å². The van der Waals surface area contributed by atoms with Gasteiger partial charge >= 0.3 is 0 Å². The summed E-state index contributed by atoms with van der Waals surface area (Å²) in [5.41, 5.74) is 0.937. The molecule has 0 bridgehead atoms. The fourth-order valence-corrected chi connectivity index (χ4v) is 2.59. The van der Waals surface area contributed by atoms with Crippen LogP contribution in [0.3, 0.4) is 0 Å². The van der Waals surface area contributed by atoms with E-state index in [1.165, 1.54) is 5.39 Å². The molecule has 0 unspecified atom stereocenters. The Hall–Kier alpha value is -2.52. The highest BCUT2D eigenvalue weighted by Crippen LogP contribution is 2.20. The van der Waals surface area contributed by atoms with Gasteiger partial charge in [-0.2, -0.15) is 0 Å². The summed E-state index contributed by atoms with van der Waals surface area (Å²) in [6, 6.07) is 21.4. The molecule has 0 atom stereocenters. The van der Waals surface area contributed by atoms with Gasteiger partial charge in [0.25, 0.3) is 0 Å². The van der Waals surface area contributed by atoms with Crippen LogP contribution in [0.1, 0.15) is 5.56 Å². The van der Waals surface area contributed by atoms with Crippen molar-refractivity contribution in [2.75, 3.05) is 13.2 Å². The van der Waals surface area contributed by atoms with Crippen molar-refractivity contribution in [3.63, 3.8) is 0 Å². The Morgan fingerprint density at radius 2 is 1.71 bits per heavy atom. The lowest BCUT2D eigenvalue weighted by atomic mass is 10.1. The molecule has 1 N–H and O–H groups in total. The summed E-state index contributed by atoms with van der Waals surface area (Å²) < 4.78 is 5.70. The number of hydrogen-bond acceptors (Lipinski definition) is 2. The normalized spacial score (nSPS) is 10.5. The molecular formula is C20H18ClNO2. The van der Waals surface area contributed by atoms with E-state index in [4.69, 9.17) is 16.3 Å². The molecule has 4 heteroatoms. The molecular weight excluding hydrogens is 322 g/mol. The Balaban J connectivity index is 1.44. The molecule has 122 valence electrons. The first-order valence-corrected chi connectivity index (χ1v) is 8.21. The summed E-state index contributed by atoms with van der Waals surface area (Å²) in [5.74, 6) is 0.778. The van der Waals surface area contributed by atoms with Gasteiger partial charge in [-0.3, -0.25) is 4.79 Å². The lowest BCUT2D eigenvalue weighted by molar-refractivity contribution is -0.120. The van der Waals surface area contributed by atoms with Crippen LogP contribution in [0.2, 0.25) is 5.02 Å². The first-order valence-electron chi connectivity index (χ1n) is 7.83. The fraction of sp³-hybridized carbons (Fsp3) is 0.150. The molecule has 0 aliphatic heterocycles. The van der Waals surface area contributed by atoms with Gasteiger partial charge in [-0.05, 0) is 40.6 Å². The topological polar surface area (TPSA) is 38.3 Å². The van der Waals surface area contributed by atoms with Crippen LogP contribution < -0.4 is 10.1 Å². The number of rotatable bonds is 6. The van der Waals surface area contributed by atoms with Gasteiger partial charge in [0.15, 0.2) is 0 Å². The van der Waals surface area contributed by atoms with Crippen molar-refractivity contribution in [3.05, 3.63) is 77.3 Å². The zero-order chi connectivity index (χ0) is 16.8. The predicted octanol–water partition coefficient (Wildman–Crippen LogP) is 4.23. The number of benzene rings is 3. The lowest BCUT2D eigenvalue weighted by Gasteiger charge is -2.09. The molecule has 0 aliphatic rings. The molecule has 3 rings (SSSR count). The van der Waals surface area contributed by atoms with Crippen molar-refractivity contribution in [1.82, 2.24) is 5.32 Å². The largest absolute Gasteiger partial charge is 0.492 e. The van der Waals surface area contributed by atoms with Crippen LogP contribution in [0.15, 0.2) is 66.7 Å². The summed E-state index contributed by atoms with van der Waals surface area (Å²) in [6.07, 6.45) is 0.340. The molecule has 3 aromatic rings. The summed E-state index contributed by atoms with van der Waals surface area (Å²) in [7, 11) is 0. The third kappa shape index (κ3) is 4.49. The van der Waals surface area contributed by atoms with Crippen molar-refractivity contribution in [2.45, 2.75) is 6.42 Å². The molecule has 1 amide bonds. The van der Waals surface area contributed by atoms with Gasteiger partial charge in [-0.25, -0.2) is 0 Å². The molecule has 24 heavy (non-hydrogen) atoms. The minimum absolute atomic E-state index is 0.0283. The zero-order valence-electron chi connectivity index (χ0n) is 13.2. The quantitative estimate of drug-likeness (QED) is 0.682. The third-order valence-corrected chi connectivity index (χ3v) is 3.94. The highest BCUT2D eigenvalue weighted by molar-refractivity contribution is 6.30. The van der Waals surface area contributed by atoms with E-state index in [1.54, 1.807) is 12.1 Å². The Bertz CT molecular complexity index is 830. The Morgan fingerprint density at radius 1 is 0.958 bits per heavy atom. The van der Waals surface area contributed by atoms with Crippen molar-refractivity contribution in [2.24, 2.45) is 0 Å². The van der Waals surface area contributed by atoms with Crippen LogP contribution in [-0.2, 0) is 11.2 Å². The van der Waals surface area contributed by atoms with Crippen molar-refractivity contribution < 1.29 is 9.53 Å². The van der Waals surface area contributed by atoms with E-state index in [-0.39, 0.29) is 5.91 Å². The number of carbonyl (C=O) groups excluding carboxylic acids is 1. The smallest absolute Gasteiger partial charge is 0.224 e. The molecule has 0 saturated heterocycles. The molecule has 0 fully saturated rings. The maximum Gasteiger partial charge on any atom is 0.224 e. The summed E-state index contributed by atoms with van der Waals surface area (Å²) in [6.45, 7) is 0.907. The van der Waals surface area contributed by atoms with Gasteiger partial charge in [0.2, 0.25) is 5.91 Å². The average molecular weight is 340 g/mol. The van der Waals surface area contributed by atoms with Crippen LogP contribution in [0, 0.1) is 0 Å². The highest BCUT2D eigenvalue weighted by Gasteiger charge is 2.03. The molecule has 3 nitrogen and oxygen atoms in total. The highest BCUT2D eigenvalue weighted by atomic mass is 35.5. The first-order chi connectivity index (χ1) is 11.7. The summed E-state index contributed by atoms with van der Waals surface area (Å²) >= 11 is 5.83. The molecule has 0 aliphatic carbocycles. The van der Waals surface area contributed by atoms with Crippen LogP contribution in [0.25, 0.3) is 10.8 Å². The van der Waals surface area contributed by atoms with Gasteiger partial charge < -0.3 is 10.1 Å². The SMILES string of the molecule is O=C(Cc1ccc(Cl)cc1)NCCOc1ccc2ccccc2c1. The summed E-state index contributed by atoms with van der Waals surface area (Å²) in [5, 5.41) is 5.85. The minimum Gasteiger partial charge on any atom is -0.492 e. The van der Waals surface area contributed by atoms with Crippen LogP contribution in [0.5, 0.6) is 5.75 Å². The lowest BCUT2D eigenvalue weighted by Crippen LogP contribution is -2.29. The molecule has 0 radical (unpaired) electrons. The van der Waals surface area contributed by atoms with E-state index >= 15 is 0 Å². The Morgan fingerprint density at radius 3 is 2.50 bits per heavy atom. The fourth-order valence-electron chi connectivity index (χ4n) is 2.47. The van der Waals surface area contributed by atoms with E-state index in [1.807, 2.05) is 42.5 Å². The molecule has 3 aromatic carbocycles. The van der Waals surface area contributed by atoms with E-state index in [0.717, 1.165) is 16.7 Å².